The Morgan fingerprint density at radius 1 is 1.20 bits per heavy atom. The molecule has 1 atom stereocenters. The molecule has 1 N–H and O–H groups in total. The average Bonchev–Trinajstić information content (AvgIpc) is 3.41. The quantitative estimate of drug-likeness (QED) is 0.745. The highest BCUT2D eigenvalue weighted by atomic mass is 16.5. The molecule has 3 rings (SSSR count). The van der Waals surface area contributed by atoms with E-state index in [1.165, 1.54) is 0 Å². The van der Waals surface area contributed by atoms with E-state index in [9.17, 15) is 14.4 Å². The number of piperidine rings is 1. The second-order valence-electron chi connectivity index (χ2n) is 7.82. The van der Waals surface area contributed by atoms with E-state index in [1.807, 2.05) is 4.90 Å². The first-order valence-electron chi connectivity index (χ1n) is 9.80. The first kappa shape index (κ1) is 18.2. The van der Waals surface area contributed by atoms with Crippen molar-refractivity contribution in [1.82, 2.24) is 10.2 Å². The molecular weight excluding hydrogens is 320 g/mol. The average molecular weight is 350 g/mol. The van der Waals surface area contributed by atoms with Gasteiger partial charge in [-0.25, -0.2) is 0 Å². The highest BCUT2D eigenvalue weighted by Crippen LogP contribution is 2.34. The number of carbonyl (C=O) groups excluding carboxylic acids is 3. The van der Waals surface area contributed by atoms with Crippen LogP contribution in [0.25, 0.3) is 0 Å². The van der Waals surface area contributed by atoms with Crippen molar-refractivity contribution in [3.8, 4) is 0 Å². The van der Waals surface area contributed by atoms with Gasteiger partial charge in [-0.3, -0.25) is 14.4 Å². The monoisotopic (exact) mass is 350 g/mol. The fourth-order valence-electron chi connectivity index (χ4n) is 4.25. The SMILES string of the molecule is CCOC(=O)CC1(NC(=O)[C@@H]2CCC(=O)N(C3CC3)C2)CCCCC1. The zero-order chi connectivity index (χ0) is 17.9. The Morgan fingerprint density at radius 3 is 2.56 bits per heavy atom. The van der Waals surface area contributed by atoms with Crippen LogP contribution in [0.5, 0.6) is 0 Å². The van der Waals surface area contributed by atoms with Crippen LogP contribution < -0.4 is 5.32 Å². The summed E-state index contributed by atoms with van der Waals surface area (Å²) in [4.78, 5) is 38.9. The summed E-state index contributed by atoms with van der Waals surface area (Å²) in [6, 6.07) is 0.353. The summed E-state index contributed by atoms with van der Waals surface area (Å²) in [5.41, 5.74) is -0.465. The Kier molecular flexibility index (Phi) is 5.64. The van der Waals surface area contributed by atoms with Gasteiger partial charge in [-0.05, 0) is 39.0 Å². The number of nitrogens with one attached hydrogen (secondary N) is 1. The Morgan fingerprint density at radius 2 is 1.92 bits per heavy atom. The summed E-state index contributed by atoms with van der Waals surface area (Å²) in [5, 5.41) is 3.21. The Balaban J connectivity index is 1.63. The van der Waals surface area contributed by atoms with Crippen LogP contribution in [-0.2, 0) is 19.1 Å². The lowest BCUT2D eigenvalue weighted by Crippen LogP contribution is -2.55. The van der Waals surface area contributed by atoms with Crippen molar-refractivity contribution < 1.29 is 19.1 Å². The maximum atomic E-state index is 12.9. The van der Waals surface area contributed by atoms with Crippen LogP contribution in [0.4, 0.5) is 0 Å². The third-order valence-electron chi connectivity index (χ3n) is 5.79. The molecule has 1 saturated heterocycles. The Hall–Kier alpha value is -1.59. The third-order valence-corrected chi connectivity index (χ3v) is 5.79. The second-order valence-corrected chi connectivity index (χ2v) is 7.82. The van der Waals surface area contributed by atoms with Crippen molar-refractivity contribution in [2.24, 2.45) is 5.92 Å². The third kappa shape index (κ3) is 4.53. The van der Waals surface area contributed by atoms with Gasteiger partial charge in [-0.1, -0.05) is 19.3 Å². The lowest BCUT2D eigenvalue weighted by atomic mass is 9.78. The Labute approximate surface area is 149 Å². The number of hydrogen-bond acceptors (Lipinski definition) is 4. The van der Waals surface area contributed by atoms with Crippen molar-refractivity contribution in [3.63, 3.8) is 0 Å². The van der Waals surface area contributed by atoms with Gasteiger partial charge in [0.15, 0.2) is 0 Å². The minimum Gasteiger partial charge on any atom is -0.466 e. The fourth-order valence-corrected chi connectivity index (χ4v) is 4.25. The van der Waals surface area contributed by atoms with Crippen LogP contribution in [0, 0.1) is 5.92 Å². The van der Waals surface area contributed by atoms with E-state index in [-0.39, 0.29) is 30.1 Å². The summed E-state index contributed by atoms with van der Waals surface area (Å²) in [7, 11) is 0. The molecule has 0 spiro atoms. The van der Waals surface area contributed by atoms with Gasteiger partial charge in [0.25, 0.3) is 0 Å². The van der Waals surface area contributed by atoms with Gasteiger partial charge in [0.05, 0.1) is 24.5 Å². The zero-order valence-corrected chi connectivity index (χ0v) is 15.2. The van der Waals surface area contributed by atoms with Crippen LogP contribution in [-0.4, -0.2) is 47.4 Å². The summed E-state index contributed by atoms with van der Waals surface area (Å²) in [6.07, 6.45) is 8.31. The molecule has 0 unspecified atom stereocenters. The van der Waals surface area contributed by atoms with E-state index in [2.05, 4.69) is 5.32 Å². The summed E-state index contributed by atoms with van der Waals surface area (Å²) in [6.45, 7) is 2.70. The highest BCUT2D eigenvalue weighted by molar-refractivity contribution is 5.85. The molecule has 1 heterocycles. The first-order chi connectivity index (χ1) is 12.0. The molecule has 3 aliphatic rings. The molecule has 0 aromatic carbocycles. The topological polar surface area (TPSA) is 75.7 Å². The second kappa shape index (κ2) is 7.75. The summed E-state index contributed by atoms with van der Waals surface area (Å²) in [5.74, 6) is -0.197. The lowest BCUT2D eigenvalue weighted by molar-refractivity contribution is -0.146. The van der Waals surface area contributed by atoms with Gasteiger partial charge >= 0.3 is 5.97 Å². The number of hydrogen-bond donors (Lipinski definition) is 1. The zero-order valence-electron chi connectivity index (χ0n) is 15.2. The van der Waals surface area contributed by atoms with E-state index in [1.54, 1.807) is 6.92 Å². The van der Waals surface area contributed by atoms with Crippen LogP contribution in [0.2, 0.25) is 0 Å². The number of rotatable bonds is 6. The predicted molar refractivity (Wildman–Crippen MR) is 92.7 cm³/mol. The minimum atomic E-state index is -0.465. The molecule has 140 valence electrons. The van der Waals surface area contributed by atoms with E-state index >= 15 is 0 Å². The van der Waals surface area contributed by atoms with E-state index in [0.717, 1.165) is 44.9 Å². The molecule has 1 aliphatic heterocycles. The van der Waals surface area contributed by atoms with Crippen molar-refractivity contribution in [1.29, 1.82) is 0 Å². The molecular formula is C19H30N2O4. The van der Waals surface area contributed by atoms with E-state index in [0.29, 0.717) is 32.0 Å². The van der Waals surface area contributed by atoms with Gasteiger partial charge < -0.3 is 15.0 Å². The van der Waals surface area contributed by atoms with E-state index in [4.69, 9.17) is 4.74 Å². The lowest BCUT2D eigenvalue weighted by Gasteiger charge is -2.40. The number of ether oxygens (including phenoxy) is 1. The number of nitrogens with zero attached hydrogens (tertiary/aromatic N) is 1. The van der Waals surface area contributed by atoms with Gasteiger partial charge in [0, 0.05) is 19.0 Å². The highest BCUT2D eigenvalue weighted by Gasteiger charge is 2.42. The van der Waals surface area contributed by atoms with Crippen molar-refractivity contribution >= 4 is 17.8 Å². The van der Waals surface area contributed by atoms with Gasteiger partial charge in [-0.2, -0.15) is 0 Å². The van der Waals surface area contributed by atoms with Crippen molar-refractivity contribution in [3.05, 3.63) is 0 Å². The van der Waals surface area contributed by atoms with Crippen LogP contribution >= 0.6 is 0 Å². The molecule has 2 saturated carbocycles. The van der Waals surface area contributed by atoms with Crippen LogP contribution in [0.1, 0.15) is 71.1 Å². The molecule has 0 aromatic heterocycles. The molecule has 6 nitrogen and oxygen atoms in total. The van der Waals surface area contributed by atoms with Crippen LogP contribution in [0.3, 0.4) is 0 Å². The van der Waals surface area contributed by atoms with Gasteiger partial charge in [0.1, 0.15) is 0 Å². The molecule has 2 aliphatic carbocycles. The molecule has 6 heteroatoms. The van der Waals surface area contributed by atoms with E-state index < -0.39 is 5.54 Å². The Bertz CT molecular complexity index is 524. The molecule has 0 bridgehead atoms. The maximum Gasteiger partial charge on any atom is 0.308 e. The maximum absolute atomic E-state index is 12.9. The summed E-state index contributed by atoms with van der Waals surface area (Å²) >= 11 is 0. The minimum absolute atomic E-state index is 0.00403. The first-order valence-corrected chi connectivity index (χ1v) is 9.80. The van der Waals surface area contributed by atoms with Crippen molar-refractivity contribution in [2.45, 2.75) is 82.7 Å². The predicted octanol–water partition coefficient (Wildman–Crippen LogP) is 2.16. The molecule has 25 heavy (non-hydrogen) atoms. The number of carbonyl (C=O) groups is 3. The molecule has 0 aromatic rings. The number of amides is 2. The van der Waals surface area contributed by atoms with Crippen molar-refractivity contribution in [2.75, 3.05) is 13.2 Å². The molecule has 2 amide bonds. The van der Waals surface area contributed by atoms with Gasteiger partial charge in [-0.15, -0.1) is 0 Å². The molecule has 3 fully saturated rings. The number of esters is 1. The smallest absolute Gasteiger partial charge is 0.308 e. The largest absolute Gasteiger partial charge is 0.466 e. The molecule has 0 radical (unpaired) electrons. The fraction of sp³-hybridized carbons (Fsp3) is 0.842. The summed E-state index contributed by atoms with van der Waals surface area (Å²) < 4.78 is 5.12. The van der Waals surface area contributed by atoms with Gasteiger partial charge in [0.2, 0.25) is 11.8 Å². The normalized spacial score (nSPS) is 26.2. The van der Waals surface area contributed by atoms with Crippen LogP contribution in [0.15, 0.2) is 0 Å². The number of likely N-dealkylation sites (tertiary alicyclic amines) is 1. The standard InChI is InChI=1S/C19H30N2O4/c1-2-25-17(23)12-19(10-4-3-5-11-19)20-18(24)14-6-9-16(22)21(13-14)15-7-8-15/h14-15H,2-13H2,1H3,(H,20,24)/t14-/m1/s1.